The maximum Gasteiger partial charge on any atom is 0.303 e. The molecule has 0 amide bonds. The minimum Gasteiger partial charge on any atom is -0.497 e. The lowest BCUT2D eigenvalue weighted by molar-refractivity contribution is -0.152. The maximum absolute atomic E-state index is 13.3. The molecule has 4 aromatic carbocycles. The van der Waals surface area contributed by atoms with E-state index in [2.05, 4.69) is 159 Å². The fraction of sp³-hybridized carbons (Fsp3) is 0.449. The molecule has 314 valence electrons. The first kappa shape index (κ1) is 47.2. The molecule has 0 saturated heterocycles. The van der Waals surface area contributed by atoms with Gasteiger partial charge in [-0.1, -0.05) is 152 Å². The molecule has 0 spiro atoms. The highest BCUT2D eigenvalue weighted by molar-refractivity contribution is 7.99. The number of methoxy groups -OCH3 is 1. The molecule has 0 aromatic heterocycles. The summed E-state index contributed by atoms with van der Waals surface area (Å²) in [6.07, 6.45) is 1.56. The van der Waals surface area contributed by atoms with E-state index in [1.54, 1.807) is 18.9 Å². The van der Waals surface area contributed by atoms with E-state index in [-0.39, 0.29) is 16.0 Å². The summed E-state index contributed by atoms with van der Waals surface area (Å²) in [5.41, 5.74) is 1.57. The van der Waals surface area contributed by atoms with Crippen LogP contribution in [-0.4, -0.2) is 60.9 Å². The highest BCUT2D eigenvalue weighted by Crippen LogP contribution is 2.44. The second kappa shape index (κ2) is 20.7. The highest BCUT2D eigenvalue weighted by Gasteiger charge is 2.51. The Labute approximate surface area is 356 Å². The molecule has 6 nitrogen and oxygen atoms in total. The largest absolute Gasteiger partial charge is 0.497 e. The van der Waals surface area contributed by atoms with E-state index in [0.717, 1.165) is 22.6 Å². The van der Waals surface area contributed by atoms with Gasteiger partial charge in [-0.15, -0.1) is 11.8 Å². The summed E-state index contributed by atoms with van der Waals surface area (Å²) in [6, 6.07) is 39.8. The average molecular weight is 841 g/mol. The summed E-state index contributed by atoms with van der Waals surface area (Å²) in [4.78, 5) is 14.5. The third-order valence-corrected chi connectivity index (χ3v) is 22.3. The van der Waals surface area contributed by atoms with Gasteiger partial charge in [0.1, 0.15) is 11.9 Å². The van der Waals surface area contributed by atoms with Gasteiger partial charge in [0.25, 0.3) is 8.32 Å². The van der Waals surface area contributed by atoms with Crippen LogP contribution in [-0.2, 0) is 29.7 Å². The number of thioether (sulfide) groups is 1. The minimum absolute atomic E-state index is 0.0770. The van der Waals surface area contributed by atoms with E-state index >= 15 is 0 Å². The Morgan fingerprint density at radius 1 is 0.741 bits per heavy atom. The molecule has 0 heterocycles. The summed E-state index contributed by atoms with van der Waals surface area (Å²) in [5, 5.41) is 2.14. The Kier molecular flexibility index (Phi) is 16.8. The second-order valence-corrected chi connectivity index (χ2v) is 28.4. The molecule has 4 aromatic rings. The van der Waals surface area contributed by atoms with Gasteiger partial charge in [0.15, 0.2) is 8.32 Å². The van der Waals surface area contributed by atoms with Crippen LogP contribution in [0.15, 0.2) is 132 Å². The van der Waals surface area contributed by atoms with Gasteiger partial charge in [0.2, 0.25) is 0 Å². The van der Waals surface area contributed by atoms with E-state index in [1.807, 2.05) is 30.3 Å². The standard InChI is InChI=1S/C49H68O6SSi2/c1-38(50)54-45(46(55-57(11,12)47(2,3)4)49(8,9)37-56-42-22-16-13-17-23-42)40(32-34-52-36-39-28-30-41(51-10)31-29-39)33-35-53-58(48(5,6)7,43-24-18-14-19-25-43)44-26-20-15-21-27-44/h13-31,33,45-46H,32,34-37H2,1-12H3/b40-33+/t45-,46-/m1/s1. The Balaban J connectivity index is 1.82. The third-order valence-electron chi connectivity index (χ3n) is 11.3. The van der Waals surface area contributed by atoms with Gasteiger partial charge >= 0.3 is 5.97 Å². The van der Waals surface area contributed by atoms with Crippen molar-refractivity contribution in [2.45, 2.75) is 116 Å². The molecule has 0 N–H and O–H groups in total. The molecule has 0 saturated carbocycles. The van der Waals surface area contributed by atoms with Crippen LogP contribution in [0, 0.1) is 5.41 Å². The summed E-state index contributed by atoms with van der Waals surface area (Å²) < 4.78 is 33.1. The Morgan fingerprint density at radius 3 is 1.76 bits per heavy atom. The van der Waals surface area contributed by atoms with Crippen LogP contribution >= 0.6 is 11.8 Å². The van der Waals surface area contributed by atoms with Crippen LogP contribution in [0.2, 0.25) is 23.2 Å². The summed E-state index contributed by atoms with van der Waals surface area (Å²) >= 11 is 1.80. The first-order valence-electron chi connectivity index (χ1n) is 20.5. The number of carbonyl (C=O) groups excluding carboxylic acids is 1. The van der Waals surface area contributed by atoms with E-state index < -0.39 is 34.3 Å². The van der Waals surface area contributed by atoms with E-state index in [1.165, 1.54) is 22.2 Å². The topological polar surface area (TPSA) is 63.2 Å². The molecule has 0 bridgehead atoms. The second-order valence-electron chi connectivity index (χ2n) is 18.3. The number of ether oxygens (including phenoxy) is 3. The number of benzene rings is 4. The van der Waals surface area contributed by atoms with Crippen LogP contribution < -0.4 is 15.1 Å². The van der Waals surface area contributed by atoms with E-state index in [9.17, 15) is 4.79 Å². The zero-order chi connectivity index (χ0) is 42.6. The Hall–Kier alpha value is -3.45. The first-order chi connectivity index (χ1) is 27.3. The molecule has 9 heteroatoms. The van der Waals surface area contributed by atoms with Crippen molar-refractivity contribution in [3.63, 3.8) is 0 Å². The molecule has 0 aliphatic rings. The van der Waals surface area contributed by atoms with Crippen LogP contribution in [0.4, 0.5) is 0 Å². The molecule has 0 unspecified atom stereocenters. The summed E-state index contributed by atoms with van der Waals surface area (Å²) in [5.74, 6) is 1.21. The SMILES string of the molecule is COc1ccc(COCC/C(=C\CO[Si](c2ccccc2)(c2ccccc2)C(C)(C)C)[C@@H](OC(C)=O)[C@@H](O[Si](C)(C)C(C)(C)C)C(C)(C)CSc2ccccc2)cc1. The van der Waals surface area contributed by atoms with Crippen LogP contribution in [0.25, 0.3) is 0 Å². The van der Waals surface area contributed by atoms with Gasteiger partial charge in [0.05, 0.1) is 33.0 Å². The molecule has 2 atom stereocenters. The molecule has 0 aliphatic carbocycles. The zero-order valence-electron chi connectivity index (χ0n) is 37.1. The Morgan fingerprint density at radius 2 is 1.28 bits per heavy atom. The van der Waals surface area contributed by atoms with Crippen molar-refractivity contribution >= 4 is 44.7 Å². The number of hydrogen-bond donors (Lipinski definition) is 0. The van der Waals surface area contributed by atoms with Gasteiger partial charge in [-0.25, -0.2) is 0 Å². The molecular weight excluding hydrogens is 773 g/mol. The van der Waals surface area contributed by atoms with Gasteiger partial charge in [0, 0.05) is 23.0 Å². The highest BCUT2D eigenvalue weighted by atomic mass is 32.2. The van der Waals surface area contributed by atoms with Crippen LogP contribution in [0.3, 0.4) is 0 Å². The number of rotatable bonds is 20. The lowest BCUT2D eigenvalue weighted by Crippen LogP contribution is -2.66. The van der Waals surface area contributed by atoms with Crippen LogP contribution in [0.5, 0.6) is 5.75 Å². The van der Waals surface area contributed by atoms with E-state index in [4.69, 9.17) is 23.1 Å². The predicted octanol–water partition coefficient (Wildman–Crippen LogP) is 11.2. The van der Waals surface area contributed by atoms with Gasteiger partial charge < -0.3 is 23.1 Å². The van der Waals surface area contributed by atoms with Gasteiger partial charge in [-0.2, -0.15) is 0 Å². The molecule has 4 rings (SSSR count). The molecule has 58 heavy (non-hydrogen) atoms. The first-order valence-corrected chi connectivity index (χ1v) is 26.3. The van der Waals surface area contributed by atoms with Gasteiger partial charge in [-0.05, 0) is 75.4 Å². The van der Waals surface area contributed by atoms with Crippen molar-refractivity contribution in [3.8, 4) is 5.75 Å². The smallest absolute Gasteiger partial charge is 0.303 e. The number of hydrogen-bond acceptors (Lipinski definition) is 7. The number of carbonyl (C=O) groups is 1. The lowest BCUT2D eigenvalue weighted by atomic mass is 9.82. The van der Waals surface area contributed by atoms with Crippen molar-refractivity contribution in [2.75, 3.05) is 26.1 Å². The number of esters is 1. The zero-order valence-corrected chi connectivity index (χ0v) is 39.9. The average Bonchev–Trinajstić information content (AvgIpc) is 3.18. The predicted molar refractivity (Wildman–Crippen MR) is 247 cm³/mol. The third kappa shape index (κ3) is 12.5. The van der Waals surface area contributed by atoms with Crippen molar-refractivity contribution in [2.24, 2.45) is 5.41 Å². The van der Waals surface area contributed by atoms with Crippen molar-refractivity contribution in [3.05, 3.63) is 132 Å². The fourth-order valence-electron chi connectivity index (χ4n) is 7.00. The van der Waals surface area contributed by atoms with Crippen molar-refractivity contribution in [1.29, 1.82) is 0 Å². The normalized spacial score (nSPS) is 14.2. The molecule has 0 fully saturated rings. The van der Waals surface area contributed by atoms with Crippen molar-refractivity contribution in [1.82, 2.24) is 0 Å². The van der Waals surface area contributed by atoms with E-state index in [0.29, 0.717) is 26.2 Å². The fourth-order valence-corrected chi connectivity index (χ4v) is 14.0. The van der Waals surface area contributed by atoms with Crippen LogP contribution in [0.1, 0.15) is 74.3 Å². The summed E-state index contributed by atoms with van der Waals surface area (Å²) in [6.45, 7) is 25.3. The van der Waals surface area contributed by atoms with Gasteiger partial charge in [-0.3, -0.25) is 4.79 Å². The Bertz CT molecular complexity index is 1830. The van der Waals surface area contributed by atoms with Crippen molar-refractivity contribution < 1.29 is 27.9 Å². The quantitative estimate of drug-likeness (QED) is 0.0289. The molecule has 0 aliphatic heterocycles. The molecule has 0 radical (unpaired) electrons. The minimum atomic E-state index is -2.87. The lowest BCUT2D eigenvalue weighted by Gasteiger charge is -2.47. The summed E-state index contributed by atoms with van der Waals surface area (Å²) in [7, 11) is -3.61. The molecular formula is C49H68O6SSi2. The monoisotopic (exact) mass is 840 g/mol. The maximum atomic E-state index is 13.3.